The Bertz CT molecular complexity index is 981. The zero-order chi connectivity index (χ0) is 38.9. The van der Waals surface area contributed by atoms with E-state index in [1.54, 1.807) is 6.07 Å². The maximum absolute atomic E-state index is 14.1. The Labute approximate surface area is 335 Å². The molecule has 0 aromatic heterocycles. The Morgan fingerprint density at radius 2 is 0.792 bits per heavy atom. The molecular formula is C47H88ClO4P. The number of rotatable bonds is 38. The van der Waals surface area contributed by atoms with Crippen molar-refractivity contribution in [1.82, 2.24) is 0 Å². The lowest BCUT2D eigenvalue weighted by Gasteiger charge is -2.24. The van der Waals surface area contributed by atoms with Crippen molar-refractivity contribution in [2.45, 2.75) is 252 Å². The molecule has 312 valence electrons. The fourth-order valence-electron chi connectivity index (χ4n) is 7.38. The number of phenols is 1. The number of phenolic OH excluding ortho intramolecular Hbond substituents is 1. The summed E-state index contributed by atoms with van der Waals surface area (Å²) in [4.78, 5) is 0. The molecule has 0 aliphatic rings. The van der Waals surface area contributed by atoms with Crippen molar-refractivity contribution >= 4 is 19.2 Å². The average molecular weight is 784 g/mol. The first-order chi connectivity index (χ1) is 25.6. The van der Waals surface area contributed by atoms with Gasteiger partial charge in [0.15, 0.2) is 0 Å². The molecule has 1 rings (SSSR count). The van der Waals surface area contributed by atoms with E-state index in [0.29, 0.717) is 13.2 Å². The molecule has 53 heavy (non-hydrogen) atoms. The molecule has 6 heteroatoms. The third-order valence-corrected chi connectivity index (χ3v) is 13.1. The van der Waals surface area contributed by atoms with Crippen LogP contribution in [0.1, 0.15) is 251 Å². The first-order valence-electron chi connectivity index (χ1n) is 23.0. The largest absolute Gasteiger partial charge is 0.506 e. The minimum absolute atomic E-state index is 0.0981. The molecule has 1 N–H and O–H groups in total. The zero-order valence-electron chi connectivity index (χ0n) is 35.9. The minimum atomic E-state index is -3.37. The van der Waals surface area contributed by atoms with Gasteiger partial charge in [0.1, 0.15) is 5.75 Å². The number of unbranched alkanes of at least 4 members (excludes halogenated alkanes) is 30. The van der Waals surface area contributed by atoms with Gasteiger partial charge in [-0.2, -0.15) is 0 Å². The lowest BCUT2D eigenvalue weighted by molar-refractivity contribution is 0.196. The van der Waals surface area contributed by atoms with Crippen molar-refractivity contribution in [1.29, 1.82) is 0 Å². The fourth-order valence-corrected chi connectivity index (χ4v) is 9.32. The van der Waals surface area contributed by atoms with Gasteiger partial charge in [0, 0.05) is 5.56 Å². The van der Waals surface area contributed by atoms with E-state index in [1.807, 2.05) is 26.8 Å². The van der Waals surface area contributed by atoms with Gasteiger partial charge in [-0.1, -0.05) is 245 Å². The highest BCUT2D eigenvalue weighted by Crippen LogP contribution is 2.53. The molecule has 0 unspecified atom stereocenters. The number of aromatic hydroxyl groups is 1. The second kappa shape index (κ2) is 33.6. The van der Waals surface area contributed by atoms with Gasteiger partial charge >= 0.3 is 7.60 Å². The van der Waals surface area contributed by atoms with E-state index < -0.39 is 7.60 Å². The molecular weight excluding hydrogens is 695 g/mol. The standard InChI is InChI=1S/C47H88ClO4P/c1-6-8-10-12-14-16-18-20-22-24-26-28-30-32-34-36-38-51-53(50,42-43-40-44(47(3,4)5)46(49)45(48)41-43)52-39-37-35-33-31-29-27-25-23-21-19-17-15-13-11-9-7-2/h40-41,49H,6-39,42H2,1-5H3. The Morgan fingerprint density at radius 1 is 0.509 bits per heavy atom. The van der Waals surface area contributed by atoms with Crippen LogP contribution in [0.15, 0.2) is 12.1 Å². The lowest BCUT2D eigenvalue weighted by Crippen LogP contribution is -2.12. The second-order valence-electron chi connectivity index (χ2n) is 17.3. The molecule has 0 bridgehead atoms. The van der Waals surface area contributed by atoms with Gasteiger partial charge in [-0.3, -0.25) is 4.57 Å². The number of hydrogen-bond acceptors (Lipinski definition) is 4. The van der Waals surface area contributed by atoms with E-state index in [0.717, 1.165) is 36.8 Å². The third kappa shape index (κ3) is 28.5. The molecule has 0 saturated carbocycles. The molecule has 0 heterocycles. The molecule has 1 aromatic carbocycles. The van der Waals surface area contributed by atoms with Gasteiger partial charge in [-0.05, 0) is 29.9 Å². The van der Waals surface area contributed by atoms with Crippen molar-refractivity contribution in [2.75, 3.05) is 13.2 Å². The van der Waals surface area contributed by atoms with Gasteiger partial charge in [-0.15, -0.1) is 0 Å². The molecule has 0 fully saturated rings. The molecule has 0 amide bonds. The topological polar surface area (TPSA) is 55.8 Å². The van der Waals surface area contributed by atoms with Crippen molar-refractivity contribution < 1.29 is 18.7 Å². The summed E-state index contributed by atoms with van der Waals surface area (Å²) >= 11 is 6.44. The molecule has 0 spiro atoms. The Balaban J connectivity index is 2.34. The molecule has 0 saturated heterocycles. The van der Waals surface area contributed by atoms with Crippen molar-refractivity contribution in [3.8, 4) is 5.75 Å². The van der Waals surface area contributed by atoms with Crippen LogP contribution in [0.4, 0.5) is 0 Å². The van der Waals surface area contributed by atoms with E-state index in [-0.39, 0.29) is 22.3 Å². The summed E-state index contributed by atoms with van der Waals surface area (Å²) < 4.78 is 26.3. The van der Waals surface area contributed by atoms with Crippen LogP contribution in [0.25, 0.3) is 0 Å². The summed E-state index contributed by atoms with van der Waals surface area (Å²) in [6.07, 6.45) is 42.4. The van der Waals surface area contributed by atoms with E-state index in [9.17, 15) is 9.67 Å². The zero-order valence-corrected chi connectivity index (χ0v) is 37.6. The van der Waals surface area contributed by atoms with Gasteiger partial charge in [-0.25, -0.2) is 0 Å². The van der Waals surface area contributed by atoms with E-state index in [2.05, 4.69) is 13.8 Å². The van der Waals surface area contributed by atoms with Crippen LogP contribution in [-0.4, -0.2) is 18.3 Å². The smallest absolute Gasteiger partial charge is 0.335 e. The van der Waals surface area contributed by atoms with Crippen LogP contribution >= 0.6 is 19.2 Å². The van der Waals surface area contributed by atoms with Gasteiger partial charge in [0.2, 0.25) is 0 Å². The molecule has 0 atom stereocenters. The quantitative estimate of drug-likeness (QED) is 0.0536. The number of benzene rings is 1. The summed E-state index contributed by atoms with van der Waals surface area (Å²) in [5.41, 5.74) is 1.25. The van der Waals surface area contributed by atoms with E-state index in [1.165, 1.54) is 180 Å². The van der Waals surface area contributed by atoms with E-state index in [4.69, 9.17) is 20.6 Å². The average Bonchev–Trinajstić information content (AvgIpc) is 3.12. The molecule has 0 radical (unpaired) electrons. The van der Waals surface area contributed by atoms with Gasteiger partial charge in [0.25, 0.3) is 0 Å². The van der Waals surface area contributed by atoms with Crippen molar-refractivity contribution in [2.24, 2.45) is 0 Å². The second-order valence-corrected chi connectivity index (χ2v) is 19.7. The molecule has 0 aliphatic carbocycles. The summed E-state index contributed by atoms with van der Waals surface area (Å²) in [5.74, 6) is 0.0981. The third-order valence-electron chi connectivity index (χ3n) is 10.9. The van der Waals surface area contributed by atoms with Gasteiger partial charge < -0.3 is 14.2 Å². The highest BCUT2D eigenvalue weighted by Gasteiger charge is 2.28. The van der Waals surface area contributed by atoms with Crippen LogP contribution < -0.4 is 0 Å². The number of hydrogen-bond donors (Lipinski definition) is 1. The summed E-state index contributed by atoms with van der Waals surface area (Å²) in [5, 5.41) is 10.9. The van der Waals surface area contributed by atoms with Crippen LogP contribution in [0.3, 0.4) is 0 Å². The highest BCUT2D eigenvalue weighted by atomic mass is 35.5. The Morgan fingerprint density at radius 3 is 1.08 bits per heavy atom. The van der Waals surface area contributed by atoms with E-state index >= 15 is 0 Å². The maximum Gasteiger partial charge on any atom is 0.335 e. The Kier molecular flexibility index (Phi) is 32.0. The Hall–Kier alpha value is -0.540. The number of halogens is 1. The van der Waals surface area contributed by atoms with Crippen molar-refractivity contribution in [3.05, 3.63) is 28.3 Å². The predicted molar refractivity (Wildman–Crippen MR) is 234 cm³/mol. The lowest BCUT2D eigenvalue weighted by atomic mass is 9.85. The van der Waals surface area contributed by atoms with Crippen LogP contribution in [0.2, 0.25) is 5.02 Å². The first kappa shape index (κ1) is 50.5. The fraction of sp³-hybridized carbons (Fsp3) is 0.872. The molecule has 1 aromatic rings. The molecule has 4 nitrogen and oxygen atoms in total. The summed E-state index contributed by atoms with van der Waals surface area (Å²) in [7, 11) is -3.37. The monoisotopic (exact) mass is 783 g/mol. The predicted octanol–water partition coefficient (Wildman–Crippen LogP) is 17.6. The van der Waals surface area contributed by atoms with Crippen LogP contribution in [0, 0.1) is 0 Å². The van der Waals surface area contributed by atoms with Crippen molar-refractivity contribution in [3.63, 3.8) is 0 Å². The first-order valence-corrected chi connectivity index (χ1v) is 25.1. The highest BCUT2D eigenvalue weighted by molar-refractivity contribution is 7.53. The normalized spacial score (nSPS) is 12.3. The molecule has 0 aliphatic heterocycles. The summed E-state index contributed by atoms with van der Waals surface area (Å²) in [6, 6.07) is 3.64. The van der Waals surface area contributed by atoms with Gasteiger partial charge in [0.05, 0.1) is 24.4 Å². The van der Waals surface area contributed by atoms with Crippen LogP contribution in [0.5, 0.6) is 5.75 Å². The van der Waals surface area contributed by atoms with Crippen LogP contribution in [-0.2, 0) is 25.2 Å². The minimum Gasteiger partial charge on any atom is -0.506 e. The SMILES string of the molecule is CCCCCCCCCCCCCCCCCCOP(=O)(Cc1cc(Cl)c(O)c(C(C)(C)C)c1)OCCCCCCCCCCCCCCCCCC. The maximum atomic E-state index is 14.1. The summed E-state index contributed by atoms with van der Waals surface area (Å²) in [6.45, 7) is 11.6.